The summed E-state index contributed by atoms with van der Waals surface area (Å²) in [6.07, 6.45) is 0.230. The Balaban J connectivity index is 2.91. The Hall–Kier alpha value is -1.57. The summed E-state index contributed by atoms with van der Waals surface area (Å²) < 4.78 is 0. The van der Waals surface area contributed by atoms with Gasteiger partial charge in [0.1, 0.15) is 6.04 Å². The number of carboxylic acid groups (broad SMARTS) is 1. The fraction of sp³-hybridized carbons (Fsp3) is 0.727. The quantitative estimate of drug-likeness (QED) is 0.716. The Morgan fingerprint density at radius 2 is 2.00 bits per heavy atom. The van der Waals surface area contributed by atoms with Crippen molar-refractivity contribution in [2.24, 2.45) is 11.3 Å². The molecule has 0 aromatic heterocycles. The maximum absolute atomic E-state index is 12.0. The molecule has 0 aromatic carbocycles. The molecule has 1 amide bonds. The first-order valence-corrected chi connectivity index (χ1v) is 5.21. The van der Waals surface area contributed by atoms with E-state index in [2.05, 4.69) is 0 Å². The van der Waals surface area contributed by atoms with Gasteiger partial charge < -0.3 is 10.0 Å². The molecule has 0 spiro atoms. The van der Waals surface area contributed by atoms with E-state index in [9.17, 15) is 9.59 Å². The topological polar surface area (TPSA) is 81.4 Å². The van der Waals surface area contributed by atoms with Gasteiger partial charge in [0.2, 0.25) is 5.91 Å². The third kappa shape index (κ3) is 2.32. The van der Waals surface area contributed by atoms with Crippen molar-refractivity contribution in [2.45, 2.75) is 33.2 Å². The van der Waals surface area contributed by atoms with Gasteiger partial charge in [-0.1, -0.05) is 20.8 Å². The molecule has 1 aliphatic heterocycles. The minimum Gasteiger partial charge on any atom is -0.480 e. The number of nitriles is 1. The Kier molecular flexibility index (Phi) is 3.22. The fourth-order valence-electron chi connectivity index (χ4n) is 1.82. The molecule has 0 aromatic rings. The highest BCUT2D eigenvalue weighted by molar-refractivity contribution is 5.87. The highest BCUT2D eigenvalue weighted by atomic mass is 16.4. The molecule has 1 rings (SSSR count). The van der Waals surface area contributed by atoms with Gasteiger partial charge in [0.05, 0.1) is 12.0 Å². The summed E-state index contributed by atoms with van der Waals surface area (Å²) in [5.41, 5.74) is -0.613. The molecule has 0 aliphatic carbocycles. The lowest BCUT2D eigenvalue weighted by atomic mass is 9.94. The van der Waals surface area contributed by atoms with E-state index in [0.29, 0.717) is 0 Å². The average molecular weight is 224 g/mol. The molecule has 0 saturated carbocycles. The molecule has 1 heterocycles. The molecule has 88 valence electrons. The van der Waals surface area contributed by atoms with Gasteiger partial charge in [-0.3, -0.25) is 4.79 Å². The van der Waals surface area contributed by atoms with E-state index < -0.39 is 17.4 Å². The number of aliphatic carboxylic acids is 1. The van der Waals surface area contributed by atoms with Crippen molar-refractivity contribution in [2.75, 3.05) is 6.54 Å². The second kappa shape index (κ2) is 4.12. The summed E-state index contributed by atoms with van der Waals surface area (Å²) in [5.74, 6) is -1.61. The van der Waals surface area contributed by atoms with Gasteiger partial charge in [-0.15, -0.1) is 0 Å². The van der Waals surface area contributed by atoms with Gasteiger partial charge in [-0.05, 0) is 6.42 Å². The molecular weight excluding hydrogens is 208 g/mol. The third-order valence-electron chi connectivity index (χ3n) is 2.67. The first-order chi connectivity index (χ1) is 7.27. The van der Waals surface area contributed by atoms with E-state index in [4.69, 9.17) is 10.4 Å². The number of hydrogen-bond donors (Lipinski definition) is 1. The van der Waals surface area contributed by atoms with Gasteiger partial charge in [0, 0.05) is 12.0 Å². The van der Waals surface area contributed by atoms with Crippen LogP contribution in [0.3, 0.4) is 0 Å². The van der Waals surface area contributed by atoms with E-state index in [-0.39, 0.29) is 24.8 Å². The van der Waals surface area contributed by atoms with Gasteiger partial charge in [-0.2, -0.15) is 5.26 Å². The van der Waals surface area contributed by atoms with Crippen LogP contribution in [0.5, 0.6) is 0 Å². The molecule has 5 heteroatoms. The van der Waals surface area contributed by atoms with Crippen LogP contribution in [0.15, 0.2) is 0 Å². The minimum atomic E-state index is -1.03. The lowest BCUT2D eigenvalue weighted by molar-refractivity contribution is -0.151. The molecule has 0 bridgehead atoms. The standard InChI is InChI=1S/C11H16N2O3/c1-11(2,3)10(16)13-6-7(5-12)4-8(13)9(14)15/h7-8H,4,6H2,1-3H3,(H,14,15)/t7-,8+/m1/s1. The predicted molar refractivity (Wildman–Crippen MR) is 56.3 cm³/mol. The second-order valence-corrected chi connectivity index (χ2v) is 5.12. The van der Waals surface area contributed by atoms with Crippen LogP contribution < -0.4 is 0 Å². The van der Waals surface area contributed by atoms with Crippen molar-refractivity contribution in [3.63, 3.8) is 0 Å². The zero-order valence-electron chi connectivity index (χ0n) is 9.73. The van der Waals surface area contributed by atoms with Crippen LogP contribution >= 0.6 is 0 Å². The third-order valence-corrected chi connectivity index (χ3v) is 2.67. The molecule has 2 atom stereocenters. The van der Waals surface area contributed by atoms with Gasteiger partial charge in [-0.25, -0.2) is 4.79 Å². The maximum atomic E-state index is 12.0. The first kappa shape index (κ1) is 12.5. The van der Waals surface area contributed by atoms with Crippen molar-refractivity contribution in [3.05, 3.63) is 0 Å². The Bertz CT molecular complexity index is 351. The van der Waals surface area contributed by atoms with E-state index >= 15 is 0 Å². The summed E-state index contributed by atoms with van der Waals surface area (Å²) in [6, 6.07) is 1.18. The maximum Gasteiger partial charge on any atom is 0.326 e. The Morgan fingerprint density at radius 3 is 2.38 bits per heavy atom. The smallest absolute Gasteiger partial charge is 0.326 e. The largest absolute Gasteiger partial charge is 0.480 e. The van der Waals surface area contributed by atoms with E-state index in [1.165, 1.54) is 4.90 Å². The summed E-state index contributed by atoms with van der Waals surface area (Å²) in [6.45, 7) is 5.46. The number of carbonyl (C=O) groups excluding carboxylic acids is 1. The Labute approximate surface area is 94.7 Å². The van der Waals surface area contributed by atoms with Crippen LogP contribution in [0.25, 0.3) is 0 Å². The number of rotatable bonds is 1. The predicted octanol–water partition coefficient (Wildman–Crippen LogP) is 0.858. The normalized spacial score (nSPS) is 25.2. The summed E-state index contributed by atoms with van der Waals surface area (Å²) in [4.78, 5) is 24.3. The van der Waals surface area contributed by atoms with Gasteiger partial charge in [0.15, 0.2) is 0 Å². The minimum absolute atomic E-state index is 0.211. The summed E-state index contributed by atoms with van der Waals surface area (Å²) >= 11 is 0. The molecule has 1 saturated heterocycles. The molecule has 1 N–H and O–H groups in total. The molecule has 16 heavy (non-hydrogen) atoms. The van der Waals surface area contributed by atoms with Crippen molar-refractivity contribution in [1.29, 1.82) is 5.26 Å². The van der Waals surface area contributed by atoms with Crippen molar-refractivity contribution < 1.29 is 14.7 Å². The first-order valence-electron chi connectivity index (χ1n) is 5.21. The van der Waals surface area contributed by atoms with Gasteiger partial charge in [0.25, 0.3) is 0 Å². The molecule has 0 unspecified atom stereocenters. The average Bonchev–Trinajstić information content (AvgIpc) is 2.58. The van der Waals surface area contributed by atoms with Crippen LogP contribution in [0.2, 0.25) is 0 Å². The number of likely N-dealkylation sites (tertiary alicyclic amines) is 1. The lowest BCUT2D eigenvalue weighted by Gasteiger charge is -2.28. The highest BCUT2D eigenvalue weighted by Gasteiger charge is 2.42. The molecule has 0 radical (unpaired) electrons. The van der Waals surface area contributed by atoms with Crippen LogP contribution in [-0.2, 0) is 9.59 Å². The van der Waals surface area contributed by atoms with Crippen molar-refractivity contribution >= 4 is 11.9 Å². The van der Waals surface area contributed by atoms with Crippen molar-refractivity contribution in [3.8, 4) is 6.07 Å². The number of hydrogen-bond acceptors (Lipinski definition) is 3. The zero-order valence-corrected chi connectivity index (χ0v) is 9.73. The van der Waals surface area contributed by atoms with Crippen LogP contribution in [0, 0.1) is 22.7 Å². The van der Waals surface area contributed by atoms with E-state index in [0.717, 1.165) is 0 Å². The lowest BCUT2D eigenvalue weighted by Crippen LogP contribution is -2.45. The number of amides is 1. The number of carbonyl (C=O) groups is 2. The molecule has 5 nitrogen and oxygen atoms in total. The molecular formula is C11H16N2O3. The SMILES string of the molecule is CC(C)(C)C(=O)N1C[C@@H](C#N)C[C@H]1C(=O)O. The van der Waals surface area contributed by atoms with Crippen LogP contribution in [0.4, 0.5) is 0 Å². The summed E-state index contributed by atoms with van der Waals surface area (Å²) in [5, 5.41) is 17.8. The summed E-state index contributed by atoms with van der Waals surface area (Å²) in [7, 11) is 0. The Morgan fingerprint density at radius 1 is 1.44 bits per heavy atom. The highest BCUT2D eigenvalue weighted by Crippen LogP contribution is 2.28. The number of carboxylic acids is 1. The zero-order chi connectivity index (χ0) is 12.5. The fourth-order valence-corrected chi connectivity index (χ4v) is 1.82. The number of nitrogens with zero attached hydrogens (tertiary/aromatic N) is 2. The monoisotopic (exact) mass is 224 g/mol. The van der Waals surface area contributed by atoms with E-state index in [1.54, 1.807) is 20.8 Å². The van der Waals surface area contributed by atoms with Gasteiger partial charge >= 0.3 is 5.97 Å². The molecule has 1 fully saturated rings. The second-order valence-electron chi connectivity index (χ2n) is 5.12. The van der Waals surface area contributed by atoms with Crippen LogP contribution in [0.1, 0.15) is 27.2 Å². The molecule has 1 aliphatic rings. The van der Waals surface area contributed by atoms with Crippen LogP contribution in [-0.4, -0.2) is 34.5 Å². The van der Waals surface area contributed by atoms with Crippen molar-refractivity contribution in [1.82, 2.24) is 4.90 Å². The van der Waals surface area contributed by atoms with E-state index in [1.807, 2.05) is 6.07 Å².